The summed E-state index contributed by atoms with van der Waals surface area (Å²) in [5.74, 6) is 0.575. The van der Waals surface area contributed by atoms with Crippen LogP contribution in [0.1, 0.15) is 39.7 Å². The average Bonchev–Trinajstić information content (AvgIpc) is 2.90. The third kappa shape index (κ3) is 2.40. The van der Waals surface area contributed by atoms with Gasteiger partial charge in [0.1, 0.15) is 0 Å². The number of aromatic nitrogens is 1. The van der Waals surface area contributed by atoms with Crippen LogP contribution in [-0.4, -0.2) is 10.9 Å². The maximum atomic E-state index is 11.9. The molecule has 0 bridgehead atoms. The Morgan fingerprint density at radius 3 is 2.88 bits per heavy atom. The molecule has 1 aliphatic rings. The molecule has 2 heterocycles. The molecule has 3 rings (SSSR count). The highest BCUT2D eigenvalue weighted by Gasteiger charge is 2.26. The number of thiophene rings is 1. The number of hydrogen-bond donors (Lipinski definition) is 1. The van der Waals surface area contributed by atoms with E-state index in [0.29, 0.717) is 11.0 Å². The van der Waals surface area contributed by atoms with Crippen molar-refractivity contribution in [2.75, 3.05) is 5.32 Å². The summed E-state index contributed by atoms with van der Waals surface area (Å²) >= 11 is 3.09. The smallest absolute Gasteiger partial charge is 0.258 e. The monoisotopic (exact) mass is 264 g/mol. The number of hydrogen-bond acceptors (Lipinski definition) is 4. The molecule has 88 valence electrons. The zero-order valence-corrected chi connectivity index (χ0v) is 11.0. The Balaban J connectivity index is 1.71. The first kappa shape index (κ1) is 10.9. The lowest BCUT2D eigenvalue weighted by molar-refractivity contribution is 0.102. The van der Waals surface area contributed by atoms with E-state index in [2.05, 4.69) is 10.3 Å². The minimum atomic E-state index is -0.0638. The van der Waals surface area contributed by atoms with Crippen LogP contribution in [0, 0.1) is 6.92 Å². The molecule has 17 heavy (non-hydrogen) atoms. The molecule has 1 saturated carbocycles. The number of aryl methyl sites for hydroxylation is 1. The molecule has 5 heteroatoms. The van der Waals surface area contributed by atoms with Crippen LogP contribution in [0.3, 0.4) is 0 Å². The van der Waals surface area contributed by atoms with Gasteiger partial charge in [0.25, 0.3) is 5.91 Å². The summed E-state index contributed by atoms with van der Waals surface area (Å²) in [6.45, 7) is 2.00. The van der Waals surface area contributed by atoms with Crippen molar-refractivity contribution in [1.82, 2.24) is 4.98 Å². The lowest BCUT2D eigenvalue weighted by atomic mass is 10.3. The molecule has 1 amide bonds. The Labute approximate surface area is 108 Å². The highest BCUT2D eigenvalue weighted by atomic mass is 32.1. The molecule has 0 aromatic carbocycles. The van der Waals surface area contributed by atoms with E-state index in [1.54, 1.807) is 11.3 Å². The van der Waals surface area contributed by atoms with Crippen LogP contribution in [0.5, 0.6) is 0 Å². The molecular weight excluding hydrogens is 252 g/mol. The van der Waals surface area contributed by atoms with Gasteiger partial charge in [-0.05, 0) is 25.8 Å². The third-order valence-electron chi connectivity index (χ3n) is 2.73. The molecule has 2 aromatic heterocycles. The molecule has 1 aliphatic carbocycles. The quantitative estimate of drug-likeness (QED) is 0.919. The van der Waals surface area contributed by atoms with Gasteiger partial charge in [-0.3, -0.25) is 10.1 Å². The van der Waals surface area contributed by atoms with Crippen molar-refractivity contribution in [2.45, 2.75) is 25.7 Å². The van der Waals surface area contributed by atoms with Crippen LogP contribution in [-0.2, 0) is 0 Å². The molecule has 0 saturated heterocycles. The van der Waals surface area contributed by atoms with Crippen LogP contribution >= 0.6 is 22.7 Å². The fraction of sp³-hybridized carbons (Fsp3) is 0.333. The standard InChI is InChI=1S/C12H12N2OS2/c1-7-4-9(5-16-7)11(15)14-12-13-10(6-17-12)8-2-3-8/h4-6,8H,2-3H2,1H3,(H,13,14,15). The minimum absolute atomic E-state index is 0.0638. The summed E-state index contributed by atoms with van der Waals surface area (Å²) < 4.78 is 0. The third-order valence-corrected chi connectivity index (χ3v) is 4.37. The van der Waals surface area contributed by atoms with E-state index in [-0.39, 0.29) is 5.91 Å². The lowest BCUT2D eigenvalue weighted by Gasteiger charge is -1.97. The second-order valence-corrected chi connectivity index (χ2v) is 6.23. The van der Waals surface area contributed by atoms with Crippen molar-refractivity contribution in [3.8, 4) is 0 Å². The van der Waals surface area contributed by atoms with Crippen molar-refractivity contribution >= 4 is 33.7 Å². The zero-order valence-electron chi connectivity index (χ0n) is 9.40. The Kier molecular flexibility index (Phi) is 2.72. The van der Waals surface area contributed by atoms with E-state index in [1.165, 1.54) is 24.2 Å². The molecule has 0 spiro atoms. The number of carbonyl (C=O) groups is 1. The highest BCUT2D eigenvalue weighted by molar-refractivity contribution is 7.14. The summed E-state index contributed by atoms with van der Waals surface area (Å²) in [6.07, 6.45) is 2.47. The van der Waals surface area contributed by atoms with Gasteiger partial charge in [0, 0.05) is 21.6 Å². The van der Waals surface area contributed by atoms with Crippen LogP contribution in [0.25, 0.3) is 0 Å². The molecule has 3 nitrogen and oxygen atoms in total. The molecule has 0 atom stereocenters. The summed E-state index contributed by atoms with van der Waals surface area (Å²) in [5.41, 5.74) is 1.85. The summed E-state index contributed by atoms with van der Waals surface area (Å²) in [5, 5.41) is 7.48. The first-order valence-electron chi connectivity index (χ1n) is 5.54. The van der Waals surface area contributed by atoms with E-state index in [1.807, 2.05) is 23.8 Å². The lowest BCUT2D eigenvalue weighted by Crippen LogP contribution is -2.10. The van der Waals surface area contributed by atoms with Gasteiger partial charge < -0.3 is 0 Å². The molecule has 1 fully saturated rings. The van der Waals surface area contributed by atoms with E-state index < -0.39 is 0 Å². The van der Waals surface area contributed by atoms with Crippen LogP contribution in [0.4, 0.5) is 5.13 Å². The highest BCUT2D eigenvalue weighted by Crippen LogP contribution is 2.40. The fourth-order valence-electron chi connectivity index (χ4n) is 1.64. The summed E-state index contributed by atoms with van der Waals surface area (Å²) in [6, 6.07) is 1.90. The number of anilines is 1. The molecule has 2 aromatic rings. The number of rotatable bonds is 3. The fourth-order valence-corrected chi connectivity index (χ4v) is 3.11. The Morgan fingerprint density at radius 1 is 1.41 bits per heavy atom. The van der Waals surface area contributed by atoms with Crippen molar-refractivity contribution in [1.29, 1.82) is 0 Å². The van der Waals surface area contributed by atoms with Crippen LogP contribution < -0.4 is 5.32 Å². The van der Waals surface area contributed by atoms with Gasteiger partial charge in [-0.25, -0.2) is 4.98 Å². The average molecular weight is 264 g/mol. The normalized spacial score (nSPS) is 14.9. The largest absolute Gasteiger partial charge is 0.298 e. The second-order valence-electron chi connectivity index (χ2n) is 4.25. The van der Waals surface area contributed by atoms with Crippen molar-refractivity contribution in [3.05, 3.63) is 33.0 Å². The van der Waals surface area contributed by atoms with Gasteiger partial charge >= 0.3 is 0 Å². The topological polar surface area (TPSA) is 42.0 Å². The minimum Gasteiger partial charge on any atom is -0.298 e. The van der Waals surface area contributed by atoms with Gasteiger partial charge in [0.05, 0.1) is 11.3 Å². The number of nitrogens with one attached hydrogen (secondary N) is 1. The predicted octanol–water partition coefficient (Wildman–Crippen LogP) is 3.64. The van der Waals surface area contributed by atoms with Crippen LogP contribution in [0.15, 0.2) is 16.8 Å². The van der Waals surface area contributed by atoms with Gasteiger partial charge in [0.15, 0.2) is 5.13 Å². The summed E-state index contributed by atoms with van der Waals surface area (Å²) in [7, 11) is 0. The van der Waals surface area contributed by atoms with E-state index in [0.717, 1.165) is 16.1 Å². The van der Waals surface area contributed by atoms with E-state index >= 15 is 0 Å². The van der Waals surface area contributed by atoms with Gasteiger partial charge in [-0.2, -0.15) is 0 Å². The predicted molar refractivity (Wildman–Crippen MR) is 71.1 cm³/mol. The molecule has 1 N–H and O–H groups in total. The first-order chi connectivity index (χ1) is 8.22. The Hall–Kier alpha value is -1.20. The van der Waals surface area contributed by atoms with Gasteiger partial charge in [-0.15, -0.1) is 22.7 Å². The van der Waals surface area contributed by atoms with Gasteiger partial charge in [-0.1, -0.05) is 0 Å². The second kappa shape index (κ2) is 4.23. The first-order valence-corrected chi connectivity index (χ1v) is 7.30. The SMILES string of the molecule is Cc1cc(C(=O)Nc2nc(C3CC3)cs2)cs1. The number of amides is 1. The zero-order chi connectivity index (χ0) is 11.8. The molecule has 0 aliphatic heterocycles. The number of thiazole rings is 1. The van der Waals surface area contributed by atoms with E-state index in [9.17, 15) is 4.79 Å². The van der Waals surface area contributed by atoms with Crippen molar-refractivity contribution < 1.29 is 4.79 Å². The molecular formula is C12H12N2OS2. The maximum Gasteiger partial charge on any atom is 0.258 e. The molecule has 0 radical (unpaired) electrons. The van der Waals surface area contributed by atoms with Crippen LogP contribution in [0.2, 0.25) is 0 Å². The Bertz CT molecular complexity index is 554. The molecule has 0 unspecified atom stereocenters. The van der Waals surface area contributed by atoms with Crippen molar-refractivity contribution in [3.63, 3.8) is 0 Å². The van der Waals surface area contributed by atoms with Crippen molar-refractivity contribution in [2.24, 2.45) is 0 Å². The van der Waals surface area contributed by atoms with E-state index in [4.69, 9.17) is 0 Å². The summed E-state index contributed by atoms with van der Waals surface area (Å²) in [4.78, 5) is 17.5. The Morgan fingerprint density at radius 2 is 2.24 bits per heavy atom. The maximum absolute atomic E-state index is 11.9. The number of carbonyl (C=O) groups excluding carboxylic acids is 1. The van der Waals surface area contributed by atoms with Gasteiger partial charge in [0.2, 0.25) is 0 Å². The number of nitrogens with zero attached hydrogens (tertiary/aromatic N) is 1.